The number of fused-ring (bicyclic) bond motifs is 1. The van der Waals surface area contributed by atoms with Gasteiger partial charge in [0.25, 0.3) is 11.2 Å². The second kappa shape index (κ2) is 7.84. The summed E-state index contributed by atoms with van der Waals surface area (Å²) in [5.74, 6) is 0.476. The summed E-state index contributed by atoms with van der Waals surface area (Å²) in [5.41, 5.74) is 5.14. The molecule has 3 aromatic rings. The number of nitro benzene ring substituents is 1. The van der Waals surface area contributed by atoms with Gasteiger partial charge in [0.2, 0.25) is 0 Å². The lowest BCUT2D eigenvalue weighted by atomic mass is 10.1. The highest BCUT2D eigenvalue weighted by atomic mass is 16.7. The van der Waals surface area contributed by atoms with Crippen molar-refractivity contribution >= 4 is 17.6 Å². The molecule has 0 atom stereocenters. The Morgan fingerprint density at radius 1 is 1.27 bits per heavy atom. The average Bonchev–Trinajstić information content (AvgIpc) is 2.97. The molecule has 1 aliphatic heterocycles. The molecule has 0 saturated heterocycles. The van der Waals surface area contributed by atoms with Crippen LogP contribution >= 0.6 is 0 Å². The van der Waals surface area contributed by atoms with Gasteiger partial charge in [0.05, 0.1) is 29.1 Å². The number of nitrogens with zero attached hydrogens (tertiary/aromatic N) is 4. The van der Waals surface area contributed by atoms with Gasteiger partial charge in [-0.1, -0.05) is 18.2 Å². The van der Waals surface area contributed by atoms with E-state index in [1.54, 1.807) is 18.7 Å². The third-order valence-corrected chi connectivity index (χ3v) is 4.87. The van der Waals surface area contributed by atoms with Gasteiger partial charge in [0, 0.05) is 30.3 Å². The summed E-state index contributed by atoms with van der Waals surface area (Å²) < 4.78 is 13.9. The van der Waals surface area contributed by atoms with Crippen molar-refractivity contribution in [3.8, 4) is 11.4 Å². The van der Waals surface area contributed by atoms with Crippen molar-refractivity contribution in [1.29, 1.82) is 0 Å². The fourth-order valence-electron chi connectivity index (χ4n) is 3.30. The van der Waals surface area contributed by atoms with E-state index in [1.165, 1.54) is 23.0 Å². The van der Waals surface area contributed by atoms with Gasteiger partial charge < -0.3 is 9.47 Å². The Kier molecular flexibility index (Phi) is 5.07. The Balaban J connectivity index is 1.67. The van der Waals surface area contributed by atoms with Gasteiger partial charge in [-0.25, -0.2) is 4.68 Å². The number of benzene rings is 2. The summed E-state index contributed by atoms with van der Waals surface area (Å²) in [6.07, 6.45) is 1.40. The molecular weight excluding hydrogens is 390 g/mol. The smallest absolute Gasteiger partial charge is 0.296 e. The lowest BCUT2D eigenvalue weighted by molar-refractivity contribution is -0.385. The molecule has 10 heteroatoms. The summed E-state index contributed by atoms with van der Waals surface area (Å²) in [6, 6.07) is 12.0. The zero-order valence-corrected chi connectivity index (χ0v) is 16.4. The molecule has 4 rings (SSSR count). The lowest BCUT2D eigenvalue weighted by Crippen LogP contribution is -2.20. The van der Waals surface area contributed by atoms with Gasteiger partial charge in [0.15, 0.2) is 6.79 Å². The Bertz CT molecular complexity index is 1200. The predicted molar refractivity (Wildman–Crippen MR) is 110 cm³/mol. The van der Waals surface area contributed by atoms with E-state index >= 15 is 0 Å². The molecule has 0 spiro atoms. The van der Waals surface area contributed by atoms with E-state index < -0.39 is 4.92 Å². The molecule has 2 heterocycles. The Morgan fingerprint density at radius 3 is 2.77 bits per heavy atom. The van der Waals surface area contributed by atoms with E-state index in [9.17, 15) is 14.9 Å². The van der Waals surface area contributed by atoms with Crippen molar-refractivity contribution < 1.29 is 14.4 Å². The summed E-state index contributed by atoms with van der Waals surface area (Å²) in [6.45, 7) is 2.07. The molecule has 0 fully saturated rings. The van der Waals surface area contributed by atoms with Crippen LogP contribution in [0.1, 0.15) is 16.8 Å². The molecule has 0 bridgehead atoms. The topological polar surface area (TPSA) is 113 Å². The summed E-state index contributed by atoms with van der Waals surface area (Å²) in [5, 5.41) is 15.4. The van der Waals surface area contributed by atoms with E-state index in [0.717, 1.165) is 5.69 Å². The molecule has 0 amide bonds. The van der Waals surface area contributed by atoms with Gasteiger partial charge in [-0.3, -0.25) is 25.0 Å². The molecule has 10 nitrogen and oxygen atoms in total. The molecule has 154 valence electrons. The van der Waals surface area contributed by atoms with Crippen LogP contribution in [0.15, 0.2) is 52.4 Å². The minimum atomic E-state index is -0.487. The molecular formula is C20H19N5O5. The summed E-state index contributed by atoms with van der Waals surface area (Å²) in [7, 11) is 1.78. The van der Waals surface area contributed by atoms with Crippen LogP contribution in [0, 0.1) is 17.0 Å². The molecule has 0 saturated carbocycles. The monoisotopic (exact) mass is 409 g/mol. The van der Waals surface area contributed by atoms with Gasteiger partial charge in [0.1, 0.15) is 11.4 Å². The van der Waals surface area contributed by atoms with Crippen LogP contribution in [-0.4, -0.2) is 27.3 Å². The van der Waals surface area contributed by atoms with Crippen LogP contribution < -0.4 is 15.7 Å². The van der Waals surface area contributed by atoms with Crippen LogP contribution in [0.4, 0.5) is 11.4 Å². The van der Waals surface area contributed by atoms with Crippen LogP contribution in [0.25, 0.3) is 5.69 Å². The molecule has 0 aliphatic carbocycles. The summed E-state index contributed by atoms with van der Waals surface area (Å²) >= 11 is 0. The number of nitro groups is 1. The Hall–Kier alpha value is -3.92. The Labute approximate surface area is 171 Å². The first-order valence-electron chi connectivity index (χ1n) is 9.12. The number of anilines is 1. The molecule has 0 radical (unpaired) electrons. The largest absolute Gasteiger partial charge is 0.466 e. The maximum atomic E-state index is 12.9. The number of hydrazone groups is 1. The van der Waals surface area contributed by atoms with Crippen molar-refractivity contribution in [2.24, 2.45) is 12.1 Å². The zero-order valence-electron chi connectivity index (χ0n) is 16.4. The number of rotatable bonds is 5. The fourth-order valence-corrected chi connectivity index (χ4v) is 3.30. The van der Waals surface area contributed by atoms with Crippen LogP contribution in [0.2, 0.25) is 0 Å². The Morgan fingerprint density at radius 2 is 2.03 bits per heavy atom. The minimum Gasteiger partial charge on any atom is -0.466 e. The number of aromatic nitrogens is 2. The van der Waals surface area contributed by atoms with Crippen LogP contribution in [0.3, 0.4) is 0 Å². The first-order valence-corrected chi connectivity index (χ1v) is 9.12. The molecule has 1 N–H and O–H groups in total. The molecule has 1 aliphatic rings. The summed E-state index contributed by atoms with van der Waals surface area (Å²) in [4.78, 5) is 23.6. The van der Waals surface area contributed by atoms with E-state index in [0.29, 0.717) is 28.3 Å². The first kappa shape index (κ1) is 19.4. The number of para-hydroxylation sites is 1. The fraction of sp³-hybridized carbons (Fsp3) is 0.200. The number of non-ortho nitro benzene ring substituents is 1. The number of ether oxygens (including phenoxy) is 2. The quantitative estimate of drug-likeness (QED) is 0.394. The number of nitrogens with one attached hydrogen (secondary N) is 1. The van der Waals surface area contributed by atoms with Crippen molar-refractivity contribution in [1.82, 2.24) is 9.36 Å². The van der Waals surface area contributed by atoms with E-state index in [1.807, 2.05) is 30.3 Å². The predicted octanol–water partition coefficient (Wildman–Crippen LogP) is 2.71. The molecule has 0 unspecified atom stereocenters. The maximum Gasteiger partial charge on any atom is 0.296 e. The van der Waals surface area contributed by atoms with Crippen molar-refractivity contribution in [2.45, 2.75) is 13.5 Å². The average molecular weight is 409 g/mol. The van der Waals surface area contributed by atoms with Crippen molar-refractivity contribution in [3.05, 3.63) is 79.8 Å². The standard InChI is InChI=1S/C20H19N5O5/c1-13-18(20(26)24(23(13)2)16-6-4-3-5-7-16)22-21-10-14-8-17(25(27)28)9-15-11-29-12-30-19(14)15/h3-10,22H,11-12H2,1-2H3/b21-10-. The first-order chi connectivity index (χ1) is 14.5. The van der Waals surface area contributed by atoms with Crippen LogP contribution in [0.5, 0.6) is 5.75 Å². The highest BCUT2D eigenvalue weighted by Gasteiger charge is 2.20. The normalized spacial score (nSPS) is 13.1. The van der Waals surface area contributed by atoms with Gasteiger partial charge in [-0.05, 0) is 19.1 Å². The molecule has 30 heavy (non-hydrogen) atoms. The number of hydrogen-bond acceptors (Lipinski definition) is 7. The minimum absolute atomic E-state index is 0.0542. The van der Waals surface area contributed by atoms with Crippen molar-refractivity contribution in [2.75, 3.05) is 12.2 Å². The number of hydrogen-bond donors (Lipinski definition) is 1. The van der Waals surface area contributed by atoms with Gasteiger partial charge in [-0.15, -0.1) is 0 Å². The van der Waals surface area contributed by atoms with Crippen molar-refractivity contribution in [3.63, 3.8) is 0 Å². The highest BCUT2D eigenvalue weighted by Crippen LogP contribution is 2.31. The third kappa shape index (κ3) is 3.44. The second-order valence-corrected chi connectivity index (χ2v) is 6.70. The highest BCUT2D eigenvalue weighted by molar-refractivity contribution is 5.86. The maximum absolute atomic E-state index is 12.9. The van der Waals surface area contributed by atoms with E-state index in [2.05, 4.69) is 10.5 Å². The molecule has 2 aromatic carbocycles. The van der Waals surface area contributed by atoms with Gasteiger partial charge >= 0.3 is 0 Å². The molecule has 1 aromatic heterocycles. The van der Waals surface area contributed by atoms with E-state index in [-0.39, 0.29) is 24.6 Å². The zero-order chi connectivity index (χ0) is 21.3. The third-order valence-electron chi connectivity index (χ3n) is 4.87. The SMILES string of the molecule is Cc1c(N/N=C\c2cc([N+](=O)[O-])cc3c2OCOC3)c(=O)n(-c2ccccc2)n1C. The lowest BCUT2D eigenvalue weighted by Gasteiger charge is -2.19. The van der Waals surface area contributed by atoms with Gasteiger partial charge in [-0.2, -0.15) is 5.10 Å². The van der Waals surface area contributed by atoms with E-state index in [4.69, 9.17) is 9.47 Å². The second-order valence-electron chi connectivity index (χ2n) is 6.70. The van der Waals surface area contributed by atoms with Crippen LogP contribution in [-0.2, 0) is 18.4 Å².